The number of rotatable bonds is 7. The van der Waals surface area contributed by atoms with Crippen LogP contribution in [0, 0.1) is 11.8 Å². The molecule has 0 aliphatic carbocycles. The highest BCUT2D eigenvalue weighted by molar-refractivity contribution is 5.98. The van der Waals surface area contributed by atoms with Gasteiger partial charge in [0.25, 0.3) is 0 Å². The molecule has 0 saturated carbocycles. The van der Waals surface area contributed by atoms with Crippen molar-refractivity contribution in [1.82, 2.24) is 10.2 Å². The first-order valence-corrected chi connectivity index (χ1v) is 11.9. The van der Waals surface area contributed by atoms with Gasteiger partial charge in [-0.2, -0.15) is 0 Å². The minimum absolute atomic E-state index is 0.00485. The first kappa shape index (κ1) is 22.5. The molecule has 0 radical (unpaired) electrons. The molecule has 0 aromatic heterocycles. The molecule has 0 spiro atoms. The van der Waals surface area contributed by atoms with E-state index < -0.39 is 0 Å². The summed E-state index contributed by atoms with van der Waals surface area (Å²) in [4.78, 5) is 27.8. The second-order valence-corrected chi connectivity index (χ2v) is 9.50. The van der Waals surface area contributed by atoms with Gasteiger partial charge in [0.05, 0.1) is 19.2 Å². The van der Waals surface area contributed by atoms with Crippen LogP contribution < -0.4 is 10.1 Å². The van der Waals surface area contributed by atoms with Crippen molar-refractivity contribution >= 4 is 11.7 Å². The van der Waals surface area contributed by atoms with Crippen LogP contribution in [0.15, 0.2) is 48.5 Å². The van der Waals surface area contributed by atoms with Crippen LogP contribution in [0.1, 0.15) is 60.6 Å². The number of hydrogen-bond acceptors (Lipinski definition) is 4. The van der Waals surface area contributed by atoms with Gasteiger partial charge in [0.1, 0.15) is 5.75 Å². The van der Waals surface area contributed by atoms with Crippen molar-refractivity contribution in [2.75, 3.05) is 26.2 Å². The van der Waals surface area contributed by atoms with Crippen LogP contribution in [0.2, 0.25) is 0 Å². The fourth-order valence-corrected chi connectivity index (χ4v) is 4.80. The lowest BCUT2D eigenvalue weighted by Gasteiger charge is -2.32. The molecule has 5 nitrogen and oxygen atoms in total. The van der Waals surface area contributed by atoms with Gasteiger partial charge in [-0.15, -0.1) is 0 Å². The lowest BCUT2D eigenvalue weighted by atomic mass is 9.88. The lowest BCUT2D eigenvalue weighted by Crippen LogP contribution is -2.44. The summed E-state index contributed by atoms with van der Waals surface area (Å²) in [7, 11) is 0. The number of nitrogens with one attached hydrogen (secondary N) is 1. The third kappa shape index (κ3) is 5.57. The van der Waals surface area contributed by atoms with E-state index in [4.69, 9.17) is 4.74 Å². The molecule has 1 unspecified atom stereocenters. The highest BCUT2D eigenvalue weighted by Crippen LogP contribution is 2.31. The maximum atomic E-state index is 12.9. The monoisotopic (exact) mass is 434 g/mol. The molecule has 1 saturated heterocycles. The normalized spacial score (nSPS) is 19.3. The number of para-hydroxylation sites is 1. The van der Waals surface area contributed by atoms with E-state index in [1.807, 2.05) is 36.4 Å². The molecule has 2 aromatic rings. The first-order valence-electron chi connectivity index (χ1n) is 11.9. The van der Waals surface area contributed by atoms with Gasteiger partial charge in [0, 0.05) is 23.5 Å². The second-order valence-electron chi connectivity index (χ2n) is 9.50. The van der Waals surface area contributed by atoms with Crippen molar-refractivity contribution in [3.63, 3.8) is 0 Å². The Bertz CT molecular complexity index is 930. The summed E-state index contributed by atoms with van der Waals surface area (Å²) in [5, 5.41) is 3.17. The van der Waals surface area contributed by atoms with Crippen molar-refractivity contribution in [3.05, 3.63) is 65.2 Å². The Morgan fingerprint density at radius 1 is 1.03 bits per heavy atom. The molecule has 2 aromatic carbocycles. The van der Waals surface area contributed by atoms with E-state index in [0.717, 1.165) is 55.6 Å². The highest BCUT2D eigenvalue weighted by atomic mass is 16.5. The van der Waals surface area contributed by atoms with Gasteiger partial charge in [-0.05, 0) is 49.9 Å². The Kier molecular flexibility index (Phi) is 7.26. The lowest BCUT2D eigenvalue weighted by molar-refractivity contribution is -0.123. The number of carbonyl (C=O) groups excluding carboxylic acids is 2. The van der Waals surface area contributed by atoms with Crippen LogP contribution in [-0.4, -0.2) is 42.8 Å². The fourth-order valence-electron chi connectivity index (χ4n) is 4.80. The molecule has 4 rings (SSSR count). The van der Waals surface area contributed by atoms with Gasteiger partial charge in [-0.25, -0.2) is 0 Å². The number of benzene rings is 2. The van der Waals surface area contributed by atoms with Crippen LogP contribution in [0.5, 0.6) is 5.75 Å². The van der Waals surface area contributed by atoms with Gasteiger partial charge >= 0.3 is 0 Å². The van der Waals surface area contributed by atoms with E-state index >= 15 is 0 Å². The minimum atomic E-state index is 0.00485. The highest BCUT2D eigenvalue weighted by Gasteiger charge is 2.28. The number of fused-ring (bicyclic) bond motifs is 1. The zero-order chi connectivity index (χ0) is 22.5. The molecular formula is C27H34N2O3. The van der Waals surface area contributed by atoms with Gasteiger partial charge in [-0.1, -0.05) is 56.3 Å². The molecule has 2 aliphatic heterocycles. The van der Waals surface area contributed by atoms with Crippen LogP contribution >= 0.6 is 0 Å². The van der Waals surface area contributed by atoms with E-state index in [0.29, 0.717) is 19.1 Å². The third-order valence-corrected chi connectivity index (χ3v) is 6.50. The molecule has 2 aliphatic rings. The van der Waals surface area contributed by atoms with E-state index in [1.165, 1.54) is 5.56 Å². The molecule has 2 heterocycles. The Morgan fingerprint density at radius 3 is 2.47 bits per heavy atom. The molecule has 32 heavy (non-hydrogen) atoms. The average molecular weight is 435 g/mol. The topological polar surface area (TPSA) is 58.6 Å². The van der Waals surface area contributed by atoms with Crippen LogP contribution in [-0.2, 0) is 11.2 Å². The van der Waals surface area contributed by atoms with E-state index in [9.17, 15) is 9.59 Å². The molecule has 170 valence electrons. The van der Waals surface area contributed by atoms with Gasteiger partial charge in [0.2, 0.25) is 5.91 Å². The number of amides is 1. The van der Waals surface area contributed by atoms with E-state index in [2.05, 4.69) is 36.2 Å². The average Bonchev–Trinajstić information content (AvgIpc) is 2.79. The Balaban J connectivity index is 1.25. The van der Waals surface area contributed by atoms with Gasteiger partial charge < -0.3 is 10.1 Å². The summed E-state index contributed by atoms with van der Waals surface area (Å²) in [5.74, 6) is 1.80. The molecule has 1 fully saturated rings. The molecule has 1 N–H and O–H groups in total. The van der Waals surface area contributed by atoms with E-state index in [1.54, 1.807) is 0 Å². The maximum Gasteiger partial charge on any atom is 0.234 e. The zero-order valence-electron chi connectivity index (χ0n) is 19.2. The number of ether oxygens (including phenoxy) is 1. The number of ketones is 1. The van der Waals surface area contributed by atoms with Crippen LogP contribution in [0.25, 0.3) is 0 Å². The van der Waals surface area contributed by atoms with E-state index in [-0.39, 0.29) is 23.7 Å². The smallest absolute Gasteiger partial charge is 0.234 e. The van der Waals surface area contributed by atoms with Gasteiger partial charge in [-0.3, -0.25) is 14.5 Å². The number of carbonyl (C=O) groups is 2. The van der Waals surface area contributed by atoms with Crippen LogP contribution in [0.4, 0.5) is 0 Å². The number of nitrogens with zero attached hydrogens (tertiary/aromatic N) is 1. The zero-order valence-corrected chi connectivity index (χ0v) is 19.2. The molecule has 5 heteroatoms. The van der Waals surface area contributed by atoms with Crippen molar-refractivity contribution < 1.29 is 14.3 Å². The Hall–Kier alpha value is -2.66. The first-order chi connectivity index (χ1) is 15.5. The third-order valence-electron chi connectivity index (χ3n) is 6.50. The Morgan fingerprint density at radius 2 is 1.75 bits per heavy atom. The summed E-state index contributed by atoms with van der Waals surface area (Å²) in [6.07, 6.45) is 3.43. The summed E-state index contributed by atoms with van der Waals surface area (Å²) < 4.78 is 5.69. The molecular weight excluding hydrogens is 400 g/mol. The Labute approximate surface area is 191 Å². The van der Waals surface area contributed by atoms with Gasteiger partial charge in [0.15, 0.2) is 5.78 Å². The minimum Gasteiger partial charge on any atom is -0.493 e. The largest absolute Gasteiger partial charge is 0.493 e. The molecule has 1 amide bonds. The number of piperidine rings is 1. The SMILES string of the molecule is CC(C)Cc1ccc(C(=O)C2CCN(CC(=O)NC3CCOc4ccccc43)CC2)cc1. The van der Waals surface area contributed by atoms with Crippen LogP contribution in [0.3, 0.4) is 0 Å². The van der Waals surface area contributed by atoms with Crippen molar-refractivity contribution in [1.29, 1.82) is 0 Å². The predicted molar refractivity (Wildman–Crippen MR) is 126 cm³/mol. The molecule has 0 bridgehead atoms. The van der Waals surface area contributed by atoms with Crippen molar-refractivity contribution in [2.45, 2.75) is 45.6 Å². The standard InChI is InChI=1S/C27H34N2O3/c1-19(2)17-20-7-9-21(10-8-20)27(31)22-11-14-29(15-12-22)18-26(30)28-24-13-16-32-25-6-4-3-5-23(24)25/h3-10,19,22,24H,11-18H2,1-2H3,(H,28,30). The van der Waals surface area contributed by atoms with Crippen molar-refractivity contribution in [3.8, 4) is 5.75 Å². The summed E-state index contributed by atoms with van der Waals surface area (Å²) in [5.41, 5.74) is 3.15. The fraction of sp³-hybridized carbons (Fsp3) is 0.481. The van der Waals surface area contributed by atoms with Crippen molar-refractivity contribution in [2.24, 2.45) is 11.8 Å². The number of hydrogen-bond donors (Lipinski definition) is 1. The summed E-state index contributed by atoms with van der Waals surface area (Å²) >= 11 is 0. The number of Topliss-reactive ketones (excluding diaryl/α,β-unsaturated/α-hetero) is 1. The number of likely N-dealkylation sites (tertiary alicyclic amines) is 1. The second kappa shape index (κ2) is 10.3. The quantitative estimate of drug-likeness (QED) is 0.656. The predicted octanol–water partition coefficient (Wildman–Crippen LogP) is 4.42. The summed E-state index contributed by atoms with van der Waals surface area (Å²) in [6.45, 7) is 6.96. The molecule has 1 atom stereocenters. The maximum absolute atomic E-state index is 12.9. The summed E-state index contributed by atoms with van der Waals surface area (Å²) in [6, 6.07) is 16.0.